The summed E-state index contributed by atoms with van der Waals surface area (Å²) < 4.78 is 0. The van der Waals surface area contributed by atoms with Gasteiger partial charge in [-0.25, -0.2) is 0 Å². The zero-order chi connectivity index (χ0) is 30.3. The molecular formula is C40H41NO. The molecule has 0 aromatic heterocycles. The number of hydrogen-bond acceptors (Lipinski definition) is 2. The number of anilines is 2. The van der Waals surface area contributed by atoms with Crippen molar-refractivity contribution in [3.8, 4) is 22.3 Å². The first-order valence-electron chi connectivity index (χ1n) is 14.7. The van der Waals surface area contributed by atoms with Crippen molar-refractivity contribution in [2.75, 3.05) is 11.9 Å². The molecule has 5 rings (SSSR count). The first kappa shape index (κ1) is 29.1. The van der Waals surface area contributed by atoms with E-state index < -0.39 is 0 Å². The predicted octanol–water partition coefficient (Wildman–Crippen LogP) is 10.5. The zero-order valence-electron chi connectivity index (χ0n) is 26.4. The Morgan fingerprint density at radius 3 is 1.76 bits per heavy atom. The van der Waals surface area contributed by atoms with Crippen molar-refractivity contribution in [1.29, 1.82) is 0 Å². The molecule has 5 aromatic rings. The maximum atomic E-state index is 13.7. The molecule has 0 radical (unpaired) electrons. The van der Waals surface area contributed by atoms with Crippen LogP contribution in [-0.4, -0.2) is 12.8 Å². The smallest absolute Gasteiger partial charge is 0.193 e. The Kier molecular flexibility index (Phi) is 7.93. The van der Waals surface area contributed by atoms with Crippen LogP contribution in [-0.2, 0) is 0 Å². The fourth-order valence-corrected chi connectivity index (χ4v) is 6.78. The van der Waals surface area contributed by atoms with E-state index in [1.807, 2.05) is 26.0 Å². The second-order valence-electron chi connectivity index (χ2n) is 12.0. The third-order valence-corrected chi connectivity index (χ3v) is 8.39. The summed E-state index contributed by atoms with van der Waals surface area (Å²) in [7, 11) is 2.14. The van der Waals surface area contributed by atoms with Crippen molar-refractivity contribution in [2.45, 2.75) is 55.4 Å². The highest BCUT2D eigenvalue weighted by Gasteiger charge is 2.20. The third kappa shape index (κ3) is 5.54. The van der Waals surface area contributed by atoms with Crippen LogP contribution in [0.15, 0.2) is 84.9 Å². The molecule has 0 bridgehead atoms. The molecule has 0 unspecified atom stereocenters. The maximum absolute atomic E-state index is 13.7. The molecule has 0 fully saturated rings. The monoisotopic (exact) mass is 551 g/mol. The van der Waals surface area contributed by atoms with Gasteiger partial charge in [-0.3, -0.25) is 4.79 Å². The van der Waals surface area contributed by atoms with Crippen molar-refractivity contribution in [2.24, 2.45) is 0 Å². The van der Waals surface area contributed by atoms with Crippen LogP contribution in [0.5, 0.6) is 0 Å². The van der Waals surface area contributed by atoms with Gasteiger partial charge in [-0.2, -0.15) is 0 Å². The van der Waals surface area contributed by atoms with E-state index in [9.17, 15) is 4.79 Å². The van der Waals surface area contributed by atoms with Gasteiger partial charge in [-0.1, -0.05) is 83.4 Å². The number of ketones is 1. The van der Waals surface area contributed by atoms with E-state index >= 15 is 0 Å². The molecule has 212 valence electrons. The topological polar surface area (TPSA) is 20.3 Å². The number of benzene rings is 5. The molecule has 0 N–H and O–H groups in total. The van der Waals surface area contributed by atoms with Crippen molar-refractivity contribution in [3.63, 3.8) is 0 Å². The summed E-state index contributed by atoms with van der Waals surface area (Å²) >= 11 is 0. The SMILES string of the molecule is Cc1cc(C)cc(-c2ccc(N(C)c3c(C)cc(C)c(-c4cccc(C(=O)c5c(C)cc(C)cc5C)c4)c3C)cc2)c1. The summed E-state index contributed by atoms with van der Waals surface area (Å²) in [6, 6.07) is 30.1. The van der Waals surface area contributed by atoms with Gasteiger partial charge < -0.3 is 4.90 Å². The van der Waals surface area contributed by atoms with Crippen molar-refractivity contribution in [3.05, 3.63) is 141 Å². The Balaban J connectivity index is 1.53. The van der Waals surface area contributed by atoms with E-state index in [1.54, 1.807) is 0 Å². The molecule has 5 aromatic carbocycles. The van der Waals surface area contributed by atoms with Gasteiger partial charge in [0.15, 0.2) is 5.78 Å². The Bertz CT molecular complexity index is 1780. The lowest BCUT2D eigenvalue weighted by atomic mass is 9.88. The van der Waals surface area contributed by atoms with Crippen LogP contribution in [0.2, 0.25) is 0 Å². The number of aryl methyl sites for hydroxylation is 7. The zero-order valence-corrected chi connectivity index (χ0v) is 26.4. The largest absolute Gasteiger partial charge is 0.344 e. The summed E-state index contributed by atoms with van der Waals surface area (Å²) in [6.07, 6.45) is 0. The Morgan fingerprint density at radius 2 is 1.14 bits per heavy atom. The van der Waals surface area contributed by atoms with Crippen LogP contribution in [0.3, 0.4) is 0 Å². The maximum Gasteiger partial charge on any atom is 0.193 e. The Labute approximate surface area is 251 Å². The van der Waals surface area contributed by atoms with Crippen LogP contribution >= 0.6 is 0 Å². The van der Waals surface area contributed by atoms with E-state index in [-0.39, 0.29) is 5.78 Å². The second kappa shape index (κ2) is 11.4. The highest BCUT2D eigenvalue weighted by molar-refractivity contribution is 6.11. The first-order valence-corrected chi connectivity index (χ1v) is 14.7. The average Bonchev–Trinajstić information content (AvgIpc) is 2.92. The van der Waals surface area contributed by atoms with Crippen LogP contribution in [0, 0.1) is 55.4 Å². The fourth-order valence-electron chi connectivity index (χ4n) is 6.78. The third-order valence-electron chi connectivity index (χ3n) is 8.39. The van der Waals surface area contributed by atoms with E-state index in [4.69, 9.17) is 0 Å². The van der Waals surface area contributed by atoms with Gasteiger partial charge in [-0.15, -0.1) is 0 Å². The molecule has 0 saturated carbocycles. The summed E-state index contributed by atoms with van der Waals surface area (Å²) in [5.41, 5.74) is 18.0. The van der Waals surface area contributed by atoms with E-state index in [0.29, 0.717) is 0 Å². The fraction of sp³-hybridized carbons (Fsp3) is 0.225. The Hall–Kier alpha value is -4.43. The average molecular weight is 552 g/mol. The minimum atomic E-state index is 0.0792. The Morgan fingerprint density at radius 1 is 0.548 bits per heavy atom. The van der Waals surface area contributed by atoms with Gasteiger partial charge in [0.1, 0.15) is 0 Å². The normalized spacial score (nSPS) is 11.1. The van der Waals surface area contributed by atoms with Crippen LogP contribution < -0.4 is 4.90 Å². The van der Waals surface area contributed by atoms with E-state index in [1.165, 1.54) is 55.8 Å². The molecule has 0 spiro atoms. The molecule has 42 heavy (non-hydrogen) atoms. The van der Waals surface area contributed by atoms with Gasteiger partial charge in [-0.05, 0) is 124 Å². The van der Waals surface area contributed by atoms with Gasteiger partial charge in [0.25, 0.3) is 0 Å². The first-order chi connectivity index (χ1) is 19.9. The van der Waals surface area contributed by atoms with Gasteiger partial charge in [0.2, 0.25) is 0 Å². The number of carbonyl (C=O) groups is 1. The molecule has 0 saturated heterocycles. The quantitative estimate of drug-likeness (QED) is 0.196. The van der Waals surface area contributed by atoms with E-state index in [0.717, 1.165) is 33.5 Å². The number of rotatable bonds is 6. The summed E-state index contributed by atoms with van der Waals surface area (Å²) in [5.74, 6) is 0.0792. The van der Waals surface area contributed by atoms with Crippen molar-refractivity contribution >= 4 is 17.2 Å². The van der Waals surface area contributed by atoms with Crippen LogP contribution in [0.4, 0.5) is 11.4 Å². The second-order valence-corrected chi connectivity index (χ2v) is 12.0. The number of carbonyl (C=O) groups excluding carboxylic acids is 1. The van der Waals surface area contributed by atoms with Gasteiger partial charge >= 0.3 is 0 Å². The van der Waals surface area contributed by atoms with Crippen LogP contribution in [0.1, 0.15) is 60.4 Å². The van der Waals surface area contributed by atoms with E-state index in [2.05, 4.69) is 126 Å². The number of hydrogen-bond donors (Lipinski definition) is 0. The molecule has 0 amide bonds. The lowest BCUT2D eigenvalue weighted by Gasteiger charge is -2.27. The molecular weight excluding hydrogens is 510 g/mol. The molecule has 0 aliphatic rings. The van der Waals surface area contributed by atoms with Crippen molar-refractivity contribution in [1.82, 2.24) is 0 Å². The molecule has 0 atom stereocenters. The van der Waals surface area contributed by atoms with Crippen molar-refractivity contribution < 1.29 is 4.79 Å². The summed E-state index contributed by atoms with van der Waals surface area (Å²) in [5, 5.41) is 0. The minimum Gasteiger partial charge on any atom is -0.344 e. The molecule has 2 heteroatoms. The molecule has 0 heterocycles. The minimum absolute atomic E-state index is 0.0792. The predicted molar refractivity (Wildman–Crippen MR) is 180 cm³/mol. The number of nitrogens with zero attached hydrogens (tertiary/aromatic N) is 1. The summed E-state index contributed by atoms with van der Waals surface area (Å²) in [4.78, 5) is 16.0. The molecule has 2 nitrogen and oxygen atoms in total. The lowest BCUT2D eigenvalue weighted by Crippen LogP contribution is -2.13. The van der Waals surface area contributed by atoms with Gasteiger partial charge in [0.05, 0.1) is 0 Å². The van der Waals surface area contributed by atoms with Gasteiger partial charge in [0, 0.05) is 29.5 Å². The molecule has 0 aliphatic carbocycles. The van der Waals surface area contributed by atoms with Crippen LogP contribution in [0.25, 0.3) is 22.3 Å². The standard InChI is InChI=1S/C40H41NO/c1-24-17-25(2)21-35(20-24)32-13-15-36(16-14-32)41(9)39-30(7)22-29(6)38(31(39)8)33-11-10-12-34(23-33)40(42)37-27(4)18-26(3)19-28(37)5/h10-23H,1-9H3. The molecule has 0 aliphatic heterocycles. The highest BCUT2D eigenvalue weighted by Crippen LogP contribution is 2.39. The summed E-state index contributed by atoms with van der Waals surface area (Å²) in [6.45, 7) is 17.0. The highest BCUT2D eigenvalue weighted by atomic mass is 16.1. The lowest BCUT2D eigenvalue weighted by molar-refractivity contribution is 0.103.